The number of amides is 1. The summed E-state index contributed by atoms with van der Waals surface area (Å²) in [5.74, 6) is 0.488. The second-order valence-corrected chi connectivity index (χ2v) is 8.20. The highest BCUT2D eigenvalue weighted by atomic mass is 32.2. The number of rotatable bonds is 7. The molecule has 1 aromatic carbocycles. The van der Waals surface area contributed by atoms with Gasteiger partial charge in [0.15, 0.2) is 0 Å². The van der Waals surface area contributed by atoms with Crippen molar-refractivity contribution in [1.29, 1.82) is 0 Å². The van der Waals surface area contributed by atoms with Gasteiger partial charge in [-0.05, 0) is 50.1 Å². The average molecular weight is 378 g/mol. The normalized spacial score (nSPS) is 15.8. The van der Waals surface area contributed by atoms with Gasteiger partial charge in [0.2, 0.25) is 0 Å². The Labute approximate surface area is 153 Å². The lowest BCUT2D eigenvalue weighted by Crippen LogP contribution is -2.35. The zero-order chi connectivity index (χ0) is 18.9. The molecule has 26 heavy (non-hydrogen) atoms. The maximum atomic E-state index is 13.1. The van der Waals surface area contributed by atoms with Gasteiger partial charge in [-0.1, -0.05) is 10.5 Å². The molecule has 1 aromatic heterocycles. The smallest absolute Gasteiger partial charge is 0.264 e. The molecule has 0 saturated heterocycles. The highest BCUT2D eigenvalue weighted by molar-refractivity contribution is 7.89. The van der Waals surface area contributed by atoms with Crippen LogP contribution < -0.4 is 0 Å². The number of hydroxylamine groups is 1. The summed E-state index contributed by atoms with van der Waals surface area (Å²) >= 11 is 0. The SMILES string of the molecule is CON(C)S(=O)(=O)c1cccc(C(=O)N(C2CC2)[C@H](C)c2ccco2)c1. The van der Waals surface area contributed by atoms with E-state index in [1.165, 1.54) is 26.3 Å². The molecule has 1 aliphatic carbocycles. The van der Waals surface area contributed by atoms with E-state index in [4.69, 9.17) is 9.25 Å². The lowest BCUT2D eigenvalue weighted by molar-refractivity contribution is -0.0258. The number of hydrogen-bond acceptors (Lipinski definition) is 5. The van der Waals surface area contributed by atoms with E-state index in [-0.39, 0.29) is 22.9 Å². The predicted octanol–water partition coefficient (Wildman–Crippen LogP) is 2.83. The molecule has 0 bridgehead atoms. The van der Waals surface area contributed by atoms with Gasteiger partial charge in [-0.25, -0.2) is 8.42 Å². The minimum absolute atomic E-state index is 0.00842. The zero-order valence-electron chi connectivity index (χ0n) is 15.0. The molecule has 2 aromatic rings. The van der Waals surface area contributed by atoms with E-state index >= 15 is 0 Å². The summed E-state index contributed by atoms with van der Waals surface area (Å²) in [6.45, 7) is 1.91. The molecule has 1 heterocycles. The van der Waals surface area contributed by atoms with Crippen LogP contribution in [0.15, 0.2) is 52.0 Å². The minimum atomic E-state index is -3.82. The zero-order valence-corrected chi connectivity index (χ0v) is 15.8. The molecule has 0 spiro atoms. The fourth-order valence-electron chi connectivity index (χ4n) is 2.86. The molecular weight excluding hydrogens is 356 g/mol. The van der Waals surface area contributed by atoms with E-state index in [0.717, 1.165) is 17.3 Å². The lowest BCUT2D eigenvalue weighted by Gasteiger charge is -2.28. The summed E-state index contributed by atoms with van der Waals surface area (Å²) in [6.07, 6.45) is 3.44. The van der Waals surface area contributed by atoms with Gasteiger partial charge in [-0.15, -0.1) is 0 Å². The van der Waals surface area contributed by atoms with Crippen LogP contribution in [0.4, 0.5) is 0 Å². The summed E-state index contributed by atoms with van der Waals surface area (Å²) in [6, 6.07) is 9.55. The molecule has 3 rings (SSSR count). The van der Waals surface area contributed by atoms with E-state index in [2.05, 4.69) is 0 Å². The van der Waals surface area contributed by atoms with Gasteiger partial charge in [0.25, 0.3) is 15.9 Å². The third kappa shape index (κ3) is 3.53. The Morgan fingerprint density at radius 2 is 2.00 bits per heavy atom. The summed E-state index contributed by atoms with van der Waals surface area (Å²) in [7, 11) is -1.24. The maximum Gasteiger partial charge on any atom is 0.264 e. The predicted molar refractivity (Wildman–Crippen MR) is 94.7 cm³/mol. The molecule has 1 atom stereocenters. The van der Waals surface area contributed by atoms with E-state index in [9.17, 15) is 13.2 Å². The fraction of sp³-hybridized carbons (Fsp3) is 0.389. The second-order valence-electron chi connectivity index (χ2n) is 6.26. The van der Waals surface area contributed by atoms with Crippen LogP contribution in [0.2, 0.25) is 0 Å². The number of carbonyl (C=O) groups is 1. The topological polar surface area (TPSA) is 80.1 Å². The van der Waals surface area contributed by atoms with Crippen LogP contribution in [0.25, 0.3) is 0 Å². The molecule has 0 unspecified atom stereocenters. The first-order valence-corrected chi connectivity index (χ1v) is 9.79. The van der Waals surface area contributed by atoms with Crippen LogP contribution in [0.1, 0.15) is 41.9 Å². The Morgan fingerprint density at radius 1 is 1.27 bits per heavy atom. The van der Waals surface area contributed by atoms with Crippen molar-refractivity contribution in [2.75, 3.05) is 14.2 Å². The minimum Gasteiger partial charge on any atom is -0.467 e. The summed E-state index contributed by atoms with van der Waals surface area (Å²) in [4.78, 5) is 19.7. The third-order valence-corrected chi connectivity index (χ3v) is 6.20. The van der Waals surface area contributed by atoms with E-state index in [1.807, 2.05) is 13.0 Å². The van der Waals surface area contributed by atoms with Crippen LogP contribution in [0, 0.1) is 0 Å². The van der Waals surface area contributed by atoms with Crippen LogP contribution in [-0.2, 0) is 14.9 Å². The van der Waals surface area contributed by atoms with Gasteiger partial charge < -0.3 is 9.32 Å². The Morgan fingerprint density at radius 3 is 2.58 bits per heavy atom. The number of hydrogen-bond donors (Lipinski definition) is 0. The fourth-order valence-corrected chi connectivity index (χ4v) is 3.88. The highest BCUT2D eigenvalue weighted by Crippen LogP contribution is 2.36. The quantitative estimate of drug-likeness (QED) is 0.692. The standard InChI is InChI=1S/C18H22N2O5S/c1-13(17-8-5-11-25-17)20(15-9-10-15)18(21)14-6-4-7-16(12-14)26(22,23)19(2)24-3/h4-8,11-13,15H,9-10H2,1-3H3/t13-/m1/s1. The maximum absolute atomic E-state index is 13.1. The molecule has 140 valence electrons. The first kappa shape index (κ1) is 18.6. The Bertz CT molecular complexity index is 875. The monoisotopic (exact) mass is 378 g/mol. The second kappa shape index (κ2) is 7.22. The van der Waals surface area contributed by atoms with Crippen molar-refractivity contribution in [1.82, 2.24) is 9.37 Å². The first-order chi connectivity index (χ1) is 12.4. The van der Waals surface area contributed by atoms with Gasteiger partial charge in [0, 0.05) is 18.7 Å². The van der Waals surface area contributed by atoms with Gasteiger partial charge in [-0.3, -0.25) is 9.63 Å². The summed E-state index contributed by atoms with van der Waals surface area (Å²) < 4.78 is 31.1. The van der Waals surface area contributed by atoms with Crippen molar-refractivity contribution < 1.29 is 22.5 Å². The lowest BCUT2D eigenvalue weighted by atomic mass is 10.1. The molecule has 0 N–H and O–H groups in total. The number of benzene rings is 1. The van der Waals surface area contributed by atoms with Crippen molar-refractivity contribution in [3.8, 4) is 0 Å². The third-order valence-electron chi connectivity index (χ3n) is 4.52. The molecule has 1 fully saturated rings. The first-order valence-electron chi connectivity index (χ1n) is 8.35. The molecule has 1 amide bonds. The van der Waals surface area contributed by atoms with Gasteiger partial charge in [0.05, 0.1) is 24.3 Å². The van der Waals surface area contributed by atoms with Crippen LogP contribution in [0.5, 0.6) is 0 Å². The van der Waals surface area contributed by atoms with Crippen molar-refractivity contribution in [3.63, 3.8) is 0 Å². The van der Waals surface area contributed by atoms with Crippen LogP contribution >= 0.6 is 0 Å². The molecule has 7 nitrogen and oxygen atoms in total. The number of nitrogens with zero attached hydrogens (tertiary/aromatic N) is 2. The van der Waals surface area contributed by atoms with Crippen LogP contribution in [-0.4, -0.2) is 43.9 Å². The molecule has 0 radical (unpaired) electrons. The molecule has 0 aliphatic heterocycles. The van der Waals surface area contributed by atoms with Gasteiger partial charge >= 0.3 is 0 Å². The van der Waals surface area contributed by atoms with E-state index < -0.39 is 10.0 Å². The summed E-state index contributed by atoms with van der Waals surface area (Å²) in [5, 5.41) is 0. The summed E-state index contributed by atoms with van der Waals surface area (Å²) in [5.41, 5.74) is 0.320. The van der Waals surface area contributed by atoms with E-state index in [1.54, 1.807) is 29.4 Å². The van der Waals surface area contributed by atoms with Crippen molar-refractivity contribution in [3.05, 3.63) is 54.0 Å². The molecule has 8 heteroatoms. The van der Waals surface area contributed by atoms with Crippen LogP contribution in [0.3, 0.4) is 0 Å². The number of furan rings is 1. The average Bonchev–Trinajstić information content (AvgIpc) is 3.32. The van der Waals surface area contributed by atoms with Crippen molar-refractivity contribution >= 4 is 15.9 Å². The Kier molecular flexibility index (Phi) is 5.17. The Hall–Kier alpha value is -2.16. The largest absolute Gasteiger partial charge is 0.467 e. The molecular formula is C18H22N2O5S. The number of carbonyl (C=O) groups excluding carboxylic acids is 1. The van der Waals surface area contributed by atoms with Crippen molar-refractivity contribution in [2.24, 2.45) is 0 Å². The van der Waals surface area contributed by atoms with E-state index in [0.29, 0.717) is 11.3 Å². The Balaban J connectivity index is 1.92. The number of sulfonamides is 1. The van der Waals surface area contributed by atoms with Crippen molar-refractivity contribution in [2.45, 2.75) is 36.7 Å². The molecule has 1 saturated carbocycles. The van der Waals surface area contributed by atoms with Gasteiger partial charge in [0.1, 0.15) is 5.76 Å². The van der Waals surface area contributed by atoms with Gasteiger partial charge in [-0.2, -0.15) is 0 Å². The highest BCUT2D eigenvalue weighted by Gasteiger charge is 2.38. The molecule has 1 aliphatic rings.